The van der Waals surface area contributed by atoms with E-state index < -0.39 is 106 Å². The van der Waals surface area contributed by atoms with Gasteiger partial charge in [-0.05, 0) is 49.1 Å². The van der Waals surface area contributed by atoms with E-state index in [0.29, 0.717) is 5.56 Å². The number of aliphatic hydroxyl groups is 2. The molecule has 3 aliphatic carbocycles. The quantitative estimate of drug-likeness (QED) is 0.136. The highest BCUT2D eigenvalue weighted by atomic mass is 35.5. The molecule has 0 unspecified atom stereocenters. The standard InChI is InChI=1S/C42H48ClNO13/c1-22-27(55-38(51)35(56-31(48)20-43)33(25-13-9-7-10-14-25)44-37(50)26-15-11-8-12-16-26)18-41(52)19-28-40(6,29(47)17-30-42(28,21-53-30)57-24(3)46)36(49)34(54-23(2)45)32(22)39(41,4)5/h7-16,27-30,33-35,47,52H,17-21H2,1-6H3,(H,44,50)/t27-,28-,29-,30+,33-,34+,35+,40-,41+,42+/m0/s1. The van der Waals surface area contributed by atoms with E-state index in [2.05, 4.69) is 5.32 Å². The van der Waals surface area contributed by atoms with E-state index in [4.69, 9.17) is 35.3 Å². The number of halogens is 1. The Bertz CT molecular complexity index is 1970. The molecule has 6 rings (SSSR count). The molecule has 2 aromatic rings. The molecule has 3 N–H and O–H groups in total. The molecule has 57 heavy (non-hydrogen) atoms. The van der Waals surface area contributed by atoms with Crippen molar-refractivity contribution in [1.82, 2.24) is 5.32 Å². The van der Waals surface area contributed by atoms with Gasteiger partial charge in [0.2, 0.25) is 6.10 Å². The number of rotatable bonds is 10. The number of aliphatic hydroxyl groups excluding tert-OH is 1. The molecule has 10 atom stereocenters. The zero-order chi connectivity index (χ0) is 41.7. The normalized spacial score (nSPS) is 32.4. The molecular weight excluding hydrogens is 762 g/mol. The largest absolute Gasteiger partial charge is 0.455 e. The number of carbonyl (C=O) groups is 6. The number of alkyl halides is 1. The Kier molecular flexibility index (Phi) is 11.5. The van der Waals surface area contributed by atoms with Crippen LogP contribution >= 0.6 is 11.6 Å². The number of amides is 1. The van der Waals surface area contributed by atoms with E-state index in [0.717, 1.165) is 6.92 Å². The summed E-state index contributed by atoms with van der Waals surface area (Å²) in [5.74, 6) is -6.55. The molecule has 4 aliphatic rings. The van der Waals surface area contributed by atoms with Crippen LogP contribution in [0.4, 0.5) is 0 Å². The molecule has 2 saturated carbocycles. The summed E-state index contributed by atoms with van der Waals surface area (Å²) in [5.41, 5.74) is -5.30. The van der Waals surface area contributed by atoms with E-state index >= 15 is 4.79 Å². The van der Waals surface area contributed by atoms with E-state index in [9.17, 15) is 34.2 Å². The van der Waals surface area contributed by atoms with Crippen molar-refractivity contribution in [1.29, 1.82) is 0 Å². The summed E-state index contributed by atoms with van der Waals surface area (Å²) in [5, 5.41) is 27.5. The number of ether oxygens (including phenoxy) is 5. The first-order chi connectivity index (χ1) is 26.8. The molecule has 2 bridgehead atoms. The Labute approximate surface area is 335 Å². The highest BCUT2D eigenvalue weighted by Crippen LogP contribution is 2.63. The van der Waals surface area contributed by atoms with Crippen molar-refractivity contribution in [3.8, 4) is 0 Å². The fourth-order valence-electron chi connectivity index (χ4n) is 9.41. The van der Waals surface area contributed by atoms with Gasteiger partial charge in [-0.15, -0.1) is 11.6 Å². The van der Waals surface area contributed by atoms with Crippen LogP contribution in [0.3, 0.4) is 0 Å². The number of esters is 4. The summed E-state index contributed by atoms with van der Waals surface area (Å²) in [6.07, 6.45) is -7.53. The number of fused-ring (bicyclic) bond motifs is 5. The van der Waals surface area contributed by atoms with Gasteiger partial charge in [-0.3, -0.25) is 24.0 Å². The Morgan fingerprint density at radius 3 is 2.14 bits per heavy atom. The third kappa shape index (κ3) is 7.26. The van der Waals surface area contributed by atoms with E-state index in [1.54, 1.807) is 81.4 Å². The Morgan fingerprint density at radius 2 is 1.58 bits per heavy atom. The highest BCUT2D eigenvalue weighted by molar-refractivity contribution is 6.26. The van der Waals surface area contributed by atoms with Crippen molar-refractivity contribution in [2.45, 2.75) is 109 Å². The maximum absolute atomic E-state index is 15.0. The average molecular weight is 810 g/mol. The molecule has 3 fully saturated rings. The Hall–Kier alpha value is -4.63. The first-order valence-corrected chi connectivity index (χ1v) is 19.3. The molecule has 2 aromatic carbocycles. The second-order valence-corrected chi connectivity index (χ2v) is 16.4. The van der Waals surface area contributed by atoms with Gasteiger partial charge in [0.05, 0.1) is 23.7 Å². The summed E-state index contributed by atoms with van der Waals surface area (Å²) in [6, 6.07) is 15.2. The summed E-state index contributed by atoms with van der Waals surface area (Å²) in [4.78, 5) is 81.3. The lowest BCUT2D eigenvalue weighted by atomic mass is 9.46. The van der Waals surface area contributed by atoms with Crippen molar-refractivity contribution in [3.63, 3.8) is 0 Å². The van der Waals surface area contributed by atoms with Crippen LogP contribution in [0.5, 0.6) is 0 Å². The average Bonchev–Trinajstić information content (AvgIpc) is 3.16. The predicted molar refractivity (Wildman–Crippen MR) is 201 cm³/mol. The van der Waals surface area contributed by atoms with Crippen LogP contribution in [0, 0.1) is 16.7 Å². The molecule has 0 spiro atoms. The Morgan fingerprint density at radius 1 is 0.947 bits per heavy atom. The van der Waals surface area contributed by atoms with E-state index in [-0.39, 0.29) is 42.6 Å². The van der Waals surface area contributed by atoms with Crippen molar-refractivity contribution in [2.75, 3.05) is 12.5 Å². The van der Waals surface area contributed by atoms with Crippen molar-refractivity contribution in [3.05, 3.63) is 82.9 Å². The van der Waals surface area contributed by atoms with Gasteiger partial charge in [0.25, 0.3) is 5.91 Å². The van der Waals surface area contributed by atoms with Crippen LogP contribution in [0.2, 0.25) is 0 Å². The van der Waals surface area contributed by atoms with Gasteiger partial charge in [-0.2, -0.15) is 0 Å². The number of ketones is 1. The van der Waals surface area contributed by atoms with Gasteiger partial charge in [0.1, 0.15) is 24.1 Å². The summed E-state index contributed by atoms with van der Waals surface area (Å²) in [7, 11) is 0. The van der Waals surface area contributed by atoms with Crippen LogP contribution in [0.15, 0.2) is 71.8 Å². The molecule has 1 amide bonds. The maximum Gasteiger partial charge on any atom is 0.350 e. The number of hydrogen-bond acceptors (Lipinski definition) is 13. The molecule has 1 heterocycles. The predicted octanol–water partition coefficient (Wildman–Crippen LogP) is 3.69. The number of benzene rings is 2. The number of hydrogen-bond donors (Lipinski definition) is 3. The van der Waals surface area contributed by atoms with Crippen LogP contribution in [-0.4, -0.2) is 100.0 Å². The molecule has 1 saturated heterocycles. The second-order valence-electron chi connectivity index (χ2n) is 16.1. The van der Waals surface area contributed by atoms with Crippen molar-refractivity contribution in [2.24, 2.45) is 16.7 Å². The third-order valence-electron chi connectivity index (χ3n) is 12.6. The van der Waals surface area contributed by atoms with E-state index in [1.807, 2.05) is 0 Å². The van der Waals surface area contributed by atoms with Gasteiger partial charge in [-0.25, -0.2) is 4.79 Å². The maximum atomic E-state index is 15.0. The lowest BCUT2D eigenvalue weighted by Gasteiger charge is -2.65. The molecule has 306 valence electrons. The van der Waals surface area contributed by atoms with Crippen LogP contribution < -0.4 is 5.32 Å². The molecule has 0 radical (unpaired) electrons. The number of Topliss-reactive ketones (excluding diaryl/α,β-unsaturated/α-hetero) is 1. The Balaban J connectivity index is 1.46. The minimum atomic E-state index is -1.88. The zero-order valence-corrected chi connectivity index (χ0v) is 33.4. The monoisotopic (exact) mass is 809 g/mol. The fourth-order valence-corrected chi connectivity index (χ4v) is 9.47. The van der Waals surface area contributed by atoms with Gasteiger partial charge in [0.15, 0.2) is 17.5 Å². The third-order valence-corrected chi connectivity index (χ3v) is 12.8. The van der Waals surface area contributed by atoms with Gasteiger partial charge in [0, 0.05) is 43.6 Å². The van der Waals surface area contributed by atoms with Crippen LogP contribution in [0.1, 0.15) is 82.8 Å². The lowest BCUT2D eigenvalue weighted by Crippen LogP contribution is -2.77. The smallest absolute Gasteiger partial charge is 0.350 e. The number of nitrogens with one attached hydrogen (secondary N) is 1. The first-order valence-electron chi connectivity index (χ1n) is 18.8. The summed E-state index contributed by atoms with van der Waals surface area (Å²) < 4.78 is 29.3. The van der Waals surface area contributed by atoms with Gasteiger partial charge < -0.3 is 39.2 Å². The SMILES string of the molecule is CC(=O)O[C@H]1C(=O)[C@@]2(C)[C@H](C[C@]3(O)C[C@H](OC(=O)[C@H](OC(=O)CCl)[C@@H](NC(=O)c4ccccc4)c4ccccc4)C(C)=C1C3(C)C)[C@]1(OC(C)=O)CO[C@@H]1C[C@@H]2O. The van der Waals surface area contributed by atoms with Crippen molar-refractivity contribution >= 4 is 47.2 Å². The van der Waals surface area contributed by atoms with Crippen LogP contribution in [0.25, 0.3) is 0 Å². The lowest BCUT2D eigenvalue weighted by molar-refractivity contribution is -0.327. The summed E-state index contributed by atoms with van der Waals surface area (Å²) >= 11 is 5.85. The topological polar surface area (TPSA) is 201 Å². The van der Waals surface area contributed by atoms with E-state index in [1.165, 1.54) is 13.8 Å². The van der Waals surface area contributed by atoms with Crippen molar-refractivity contribution < 1.29 is 62.7 Å². The zero-order valence-electron chi connectivity index (χ0n) is 32.6. The summed E-state index contributed by atoms with van der Waals surface area (Å²) in [6.45, 7) is 8.69. The molecule has 14 nitrogen and oxygen atoms in total. The molecule has 15 heteroatoms. The van der Waals surface area contributed by atoms with Crippen LogP contribution in [-0.2, 0) is 47.7 Å². The first kappa shape index (κ1) is 42.0. The molecule has 1 aliphatic heterocycles. The van der Waals surface area contributed by atoms with Gasteiger partial charge >= 0.3 is 23.9 Å². The molecule has 0 aromatic heterocycles. The second kappa shape index (κ2) is 15.6. The minimum absolute atomic E-state index is 0.0648. The molecular formula is C42H48ClNO13. The fraction of sp³-hybridized carbons (Fsp3) is 0.524. The van der Waals surface area contributed by atoms with Gasteiger partial charge in [-0.1, -0.05) is 62.4 Å². The highest BCUT2D eigenvalue weighted by Gasteiger charge is 2.74. The number of carbonyl (C=O) groups excluding carboxylic acids is 6. The minimum Gasteiger partial charge on any atom is -0.455 e.